The van der Waals surface area contributed by atoms with Crippen LogP contribution < -0.4 is 21.5 Å². The van der Waals surface area contributed by atoms with Gasteiger partial charge in [-0.05, 0) is 42.5 Å². The fraction of sp³-hybridized carbons (Fsp3) is 0.118. The summed E-state index contributed by atoms with van der Waals surface area (Å²) >= 11 is 18.1. The van der Waals surface area contributed by atoms with Crippen molar-refractivity contribution >= 4 is 75.5 Å². The molecule has 0 fully saturated rings. The Hall–Kier alpha value is -2.00. The highest BCUT2D eigenvalue weighted by molar-refractivity contribution is 8.00. The van der Waals surface area contributed by atoms with Crippen molar-refractivity contribution in [2.75, 3.05) is 22.1 Å². The van der Waals surface area contributed by atoms with E-state index in [4.69, 9.17) is 35.4 Å². The number of hydrogen-bond acceptors (Lipinski definition) is 4. The summed E-state index contributed by atoms with van der Waals surface area (Å²) in [5, 5.41) is 6.65. The molecule has 0 aromatic heterocycles. The summed E-state index contributed by atoms with van der Waals surface area (Å²) < 4.78 is 0. The lowest BCUT2D eigenvalue weighted by Gasteiger charge is -2.12. The molecule has 0 atom stereocenters. The Labute approximate surface area is 176 Å². The first-order valence-corrected chi connectivity index (χ1v) is 9.99. The van der Waals surface area contributed by atoms with Crippen molar-refractivity contribution in [3.05, 3.63) is 58.6 Å². The van der Waals surface area contributed by atoms with Crippen molar-refractivity contribution in [2.45, 2.75) is 0 Å². The van der Waals surface area contributed by atoms with Crippen LogP contribution in [0.1, 0.15) is 0 Å². The van der Waals surface area contributed by atoms with E-state index in [9.17, 15) is 9.59 Å². The molecular weight excluding hydrogens is 427 g/mol. The van der Waals surface area contributed by atoms with Gasteiger partial charge in [0.05, 0.1) is 22.2 Å². The Morgan fingerprint density at radius 1 is 0.926 bits per heavy atom. The molecule has 0 saturated heterocycles. The van der Waals surface area contributed by atoms with Gasteiger partial charge in [0.2, 0.25) is 11.8 Å². The second-order valence-electron chi connectivity index (χ2n) is 5.16. The second kappa shape index (κ2) is 11.0. The van der Waals surface area contributed by atoms with Crippen LogP contribution in [0.5, 0.6) is 0 Å². The standard InChI is InChI=1S/C17H16Cl2N4O2S2/c18-11-6-7-14(13(19)8-11)21-17(26)23-22-16(25)10-27-9-15(24)20-12-4-2-1-3-5-12/h1-8H,9-10H2,(H,20,24)(H,22,25)(H2,21,23,26). The zero-order valence-corrected chi connectivity index (χ0v) is 17.1. The number of nitrogens with one attached hydrogen (secondary N) is 4. The predicted molar refractivity (Wildman–Crippen MR) is 116 cm³/mol. The molecule has 27 heavy (non-hydrogen) atoms. The molecule has 0 saturated carbocycles. The average molecular weight is 443 g/mol. The molecule has 0 radical (unpaired) electrons. The molecule has 0 aliphatic heterocycles. The third kappa shape index (κ3) is 8.04. The van der Waals surface area contributed by atoms with Crippen LogP contribution in [0, 0.1) is 0 Å². The first-order chi connectivity index (χ1) is 12.9. The van der Waals surface area contributed by atoms with Crippen molar-refractivity contribution in [3.63, 3.8) is 0 Å². The van der Waals surface area contributed by atoms with E-state index in [2.05, 4.69) is 21.5 Å². The molecule has 0 heterocycles. The van der Waals surface area contributed by atoms with Gasteiger partial charge in [-0.25, -0.2) is 0 Å². The lowest BCUT2D eigenvalue weighted by atomic mass is 10.3. The van der Waals surface area contributed by atoms with Gasteiger partial charge >= 0.3 is 0 Å². The molecule has 6 nitrogen and oxygen atoms in total. The number of anilines is 2. The Balaban J connectivity index is 1.64. The van der Waals surface area contributed by atoms with Gasteiger partial charge in [0.15, 0.2) is 5.11 Å². The van der Waals surface area contributed by atoms with Gasteiger partial charge in [-0.15, -0.1) is 11.8 Å². The summed E-state index contributed by atoms with van der Waals surface area (Å²) in [6.45, 7) is 0. The lowest BCUT2D eigenvalue weighted by Crippen LogP contribution is -2.44. The number of carbonyl (C=O) groups excluding carboxylic acids is 2. The Morgan fingerprint density at radius 2 is 1.63 bits per heavy atom. The first-order valence-electron chi connectivity index (χ1n) is 7.67. The number of carbonyl (C=O) groups is 2. The highest BCUT2D eigenvalue weighted by atomic mass is 35.5. The molecule has 2 amide bonds. The molecule has 0 aliphatic rings. The van der Waals surface area contributed by atoms with E-state index >= 15 is 0 Å². The molecule has 0 aliphatic carbocycles. The molecule has 2 aromatic rings. The number of halogens is 2. The minimum atomic E-state index is -0.320. The van der Waals surface area contributed by atoms with Crippen LogP contribution in [0.4, 0.5) is 11.4 Å². The van der Waals surface area contributed by atoms with E-state index < -0.39 is 0 Å². The third-order valence-corrected chi connectivity index (χ3v) is 4.70. The number of thioether (sulfide) groups is 1. The number of para-hydroxylation sites is 1. The lowest BCUT2D eigenvalue weighted by molar-refractivity contribution is -0.119. The highest BCUT2D eigenvalue weighted by Crippen LogP contribution is 2.25. The van der Waals surface area contributed by atoms with E-state index in [1.165, 1.54) is 11.8 Å². The summed E-state index contributed by atoms with van der Waals surface area (Å²) in [5.41, 5.74) is 6.28. The Morgan fingerprint density at radius 3 is 2.33 bits per heavy atom. The quantitative estimate of drug-likeness (QED) is 0.403. The molecular formula is C17H16Cl2N4O2S2. The highest BCUT2D eigenvalue weighted by Gasteiger charge is 2.07. The fourth-order valence-corrected chi connectivity index (χ4v) is 3.10. The topological polar surface area (TPSA) is 82.3 Å². The maximum atomic E-state index is 11.8. The van der Waals surface area contributed by atoms with E-state index in [1.54, 1.807) is 30.3 Å². The number of amides is 2. The van der Waals surface area contributed by atoms with Crippen molar-refractivity contribution < 1.29 is 9.59 Å². The van der Waals surface area contributed by atoms with Gasteiger partial charge in [0.1, 0.15) is 0 Å². The number of thiocarbonyl (C=S) groups is 1. The molecule has 0 unspecified atom stereocenters. The third-order valence-electron chi connectivity index (χ3n) is 3.02. The molecule has 4 N–H and O–H groups in total. The first kappa shape index (κ1) is 21.3. The van der Waals surface area contributed by atoms with Crippen LogP contribution >= 0.6 is 47.2 Å². The normalized spacial score (nSPS) is 10.0. The number of hydrazine groups is 1. The summed E-state index contributed by atoms with van der Waals surface area (Å²) in [5.74, 6) is -0.245. The molecule has 2 aromatic carbocycles. The molecule has 10 heteroatoms. The number of hydrogen-bond donors (Lipinski definition) is 4. The zero-order valence-electron chi connectivity index (χ0n) is 13.9. The molecule has 2 rings (SSSR count). The SMILES string of the molecule is O=C(CSCC(=O)Nc1ccccc1)NNC(=S)Nc1ccc(Cl)cc1Cl. The second-order valence-corrected chi connectivity index (χ2v) is 7.40. The Bertz CT molecular complexity index is 822. The van der Waals surface area contributed by atoms with Crippen molar-refractivity contribution in [1.29, 1.82) is 0 Å². The van der Waals surface area contributed by atoms with Gasteiger partial charge < -0.3 is 10.6 Å². The van der Waals surface area contributed by atoms with E-state index in [0.29, 0.717) is 21.4 Å². The maximum absolute atomic E-state index is 11.8. The van der Waals surface area contributed by atoms with Crippen molar-refractivity contribution in [2.24, 2.45) is 0 Å². The van der Waals surface area contributed by atoms with E-state index in [1.807, 2.05) is 18.2 Å². The number of benzene rings is 2. The minimum absolute atomic E-state index is 0.0968. The van der Waals surface area contributed by atoms with Gasteiger partial charge in [0.25, 0.3) is 0 Å². The average Bonchev–Trinajstić information content (AvgIpc) is 2.63. The van der Waals surface area contributed by atoms with Crippen molar-refractivity contribution in [3.8, 4) is 0 Å². The molecule has 0 spiro atoms. The van der Waals surface area contributed by atoms with Crippen LogP contribution in [-0.4, -0.2) is 28.4 Å². The smallest absolute Gasteiger partial charge is 0.248 e. The van der Waals surface area contributed by atoms with Gasteiger partial charge in [-0.1, -0.05) is 41.4 Å². The Kier molecular flexibility index (Phi) is 8.66. The molecule has 0 bridgehead atoms. The minimum Gasteiger partial charge on any atom is -0.330 e. The van der Waals surface area contributed by atoms with Crippen LogP contribution in [0.2, 0.25) is 10.0 Å². The summed E-state index contributed by atoms with van der Waals surface area (Å²) in [6, 6.07) is 14.0. The van der Waals surface area contributed by atoms with Crippen LogP contribution in [0.15, 0.2) is 48.5 Å². The van der Waals surface area contributed by atoms with Gasteiger partial charge in [0, 0.05) is 10.7 Å². The van der Waals surface area contributed by atoms with Crippen molar-refractivity contribution in [1.82, 2.24) is 10.9 Å². The fourth-order valence-electron chi connectivity index (χ4n) is 1.86. The predicted octanol–water partition coefficient (Wildman–Crippen LogP) is 3.68. The molecule has 142 valence electrons. The number of rotatable bonds is 6. The zero-order chi connectivity index (χ0) is 19.6. The largest absolute Gasteiger partial charge is 0.330 e. The van der Waals surface area contributed by atoms with Gasteiger partial charge in [-0.2, -0.15) is 0 Å². The monoisotopic (exact) mass is 442 g/mol. The van der Waals surface area contributed by atoms with E-state index in [0.717, 1.165) is 0 Å². The van der Waals surface area contributed by atoms with E-state index in [-0.39, 0.29) is 28.4 Å². The summed E-state index contributed by atoms with van der Waals surface area (Å²) in [7, 11) is 0. The van der Waals surface area contributed by atoms with Crippen LogP contribution in [-0.2, 0) is 9.59 Å². The maximum Gasteiger partial charge on any atom is 0.248 e. The summed E-state index contributed by atoms with van der Waals surface area (Å²) in [6.07, 6.45) is 0. The summed E-state index contributed by atoms with van der Waals surface area (Å²) in [4.78, 5) is 23.6. The van der Waals surface area contributed by atoms with Crippen LogP contribution in [0.25, 0.3) is 0 Å². The van der Waals surface area contributed by atoms with Crippen LogP contribution in [0.3, 0.4) is 0 Å². The van der Waals surface area contributed by atoms with Gasteiger partial charge in [-0.3, -0.25) is 20.4 Å².